The summed E-state index contributed by atoms with van der Waals surface area (Å²) in [6, 6.07) is 11.5. The molecule has 1 amide bonds. The van der Waals surface area contributed by atoms with Crippen molar-refractivity contribution in [2.24, 2.45) is 11.7 Å². The standard InChI is InChI=1S/C20H31N3O/c1-15(2)19(21)20(24)22-12-6-9-18(14-22)23(17-10-11-17)13-16-7-4-3-5-8-16/h3-5,7-8,15,17-19H,6,9-14,21H2,1-2H3/t18-,19-/m0/s1. The van der Waals surface area contributed by atoms with Crippen molar-refractivity contribution >= 4 is 5.91 Å². The van der Waals surface area contributed by atoms with Crippen molar-refractivity contribution in [1.29, 1.82) is 0 Å². The van der Waals surface area contributed by atoms with Gasteiger partial charge in [-0.15, -0.1) is 0 Å². The molecule has 1 heterocycles. The monoisotopic (exact) mass is 329 g/mol. The van der Waals surface area contributed by atoms with Gasteiger partial charge < -0.3 is 10.6 Å². The summed E-state index contributed by atoms with van der Waals surface area (Å²) in [6.45, 7) is 6.74. The summed E-state index contributed by atoms with van der Waals surface area (Å²) in [4.78, 5) is 17.3. The van der Waals surface area contributed by atoms with Gasteiger partial charge in [-0.25, -0.2) is 0 Å². The Labute approximate surface area is 146 Å². The molecule has 1 aromatic rings. The van der Waals surface area contributed by atoms with Crippen molar-refractivity contribution in [3.8, 4) is 0 Å². The third kappa shape index (κ3) is 4.17. The van der Waals surface area contributed by atoms with E-state index in [0.717, 1.165) is 26.1 Å². The maximum absolute atomic E-state index is 12.6. The lowest BCUT2D eigenvalue weighted by molar-refractivity contribution is -0.135. The smallest absolute Gasteiger partial charge is 0.239 e. The number of rotatable bonds is 6. The summed E-state index contributed by atoms with van der Waals surface area (Å²) in [5.41, 5.74) is 7.47. The number of hydrogen-bond acceptors (Lipinski definition) is 3. The molecule has 2 aliphatic rings. The Morgan fingerprint density at radius 1 is 1.21 bits per heavy atom. The quantitative estimate of drug-likeness (QED) is 0.873. The number of nitrogens with zero attached hydrogens (tertiary/aromatic N) is 2. The van der Waals surface area contributed by atoms with Gasteiger partial charge in [-0.3, -0.25) is 9.69 Å². The zero-order chi connectivity index (χ0) is 17.1. The van der Waals surface area contributed by atoms with E-state index in [0.29, 0.717) is 12.1 Å². The molecular weight excluding hydrogens is 298 g/mol. The predicted octanol–water partition coefficient (Wildman–Crippen LogP) is 2.63. The normalized spacial score (nSPS) is 22.9. The Hall–Kier alpha value is -1.39. The van der Waals surface area contributed by atoms with Crippen LogP contribution < -0.4 is 5.73 Å². The first-order valence-corrected chi connectivity index (χ1v) is 9.40. The summed E-state index contributed by atoms with van der Waals surface area (Å²) in [5.74, 6) is 0.326. The van der Waals surface area contributed by atoms with Gasteiger partial charge in [-0.05, 0) is 37.2 Å². The van der Waals surface area contributed by atoms with Crippen molar-refractivity contribution in [2.45, 2.75) is 64.2 Å². The van der Waals surface area contributed by atoms with E-state index in [9.17, 15) is 4.79 Å². The van der Waals surface area contributed by atoms with Crippen molar-refractivity contribution in [1.82, 2.24) is 9.80 Å². The Bertz CT molecular complexity index is 541. The molecule has 1 aliphatic carbocycles. The zero-order valence-corrected chi connectivity index (χ0v) is 15.0. The molecule has 2 fully saturated rings. The Morgan fingerprint density at radius 2 is 1.92 bits per heavy atom. The van der Waals surface area contributed by atoms with Crippen molar-refractivity contribution in [3.63, 3.8) is 0 Å². The topological polar surface area (TPSA) is 49.6 Å². The lowest BCUT2D eigenvalue weighted by Crippen LogP contribution is -2.54. The fraction of sp³-hybridized carbons (Fsp3) is 0.650. The second-order valence-electron chi connectivity index (χ2n) is 7.74. The Balaban J connectivity index is 1.66. The molecule has 0 spiro atoms. The third-order valence-corrected chi connectivity index (χ3v) is 5.40. The van der Waals surface area contributed by atoms with Gasteiger partial charge in [0.25, 0.3) is 0 Å². The van der Waals surface area contributed by atoms with Crippen LogP contribution in [-0.4, -0.2) is 46.9 Å². The molecule has 132 valence electrons. The van der Waals surface area contributed by atoms with Gasteiger partial charge in [0.15, 0.2) is 0 Å². The predicted molar refractivity (Wildman–Crippen MR) is 97.4 cm³/mol. The van der Waals surface area contributed by atoms with Gasteiger partial charge in [-0.2, -0.15) is 0 Å². The fourth-order valence-corrected chi connectivity index (χ4v) is 3.68. The van der Waals surface area contributed by atoms with E-state index in [2.05, 4.69) is 35.2 Å². The highest BCUT2D eigenvalue weighted by atomic mass is 16.2. The Morgan fingerprint density at radius 3 is 2.54 bits per heavy atom. The van der Waals surface area contributed by atoms with Crippen molar-refractivity contribution in [3.05, 3.63) is 35.9 Å². The number of benzene rings is 1. The van der Waals surface area contributed by atoms with E-state index in [4.69, 9.17) is 5.73 Å². The molecule has 0 bridgehead atoms. The first-order valence-electron chi connectivity index (χ1n) is 9.40. The maximum atomic E-state index is 12.6. The number of likely N-dealkylation sites (tertiary alicyclic amines) is 1. The van der Waals surface area contributed by atoms with E-state index >= 15 is 0 Å². The van der Waals surface area contributed by atoms with Gasteiger partial charge in [0.05, 0.1) is 6.04 Å². The van der Waals surface area contributed by atoms with Crippen LogP contribution in [0.4, 0.5) is 0 Å². The molecule has 2 atom stereocenters. The zero-order valence-electron chi connectivity index (χ0n) is 15.0. The lowest BCUT2D eigenvalue weighted by Gasteiger charge is -2.40. The van der Waals surface area contributed by atoms with Gasteiger partial charge in [0.2, 0.25) is 5.91 Å². The van der Waals surface area contributed by atoms with Gasteiger partial charge in [-0.1, -0.05) is 44.2 Å². The molecule has 1 aromatic carbocycles. The van der Waals surface area contributed by atoms with Crippen LogP contribution in [0.3, 0.4) is 0 Å². The molecule has 4 heteroatoms. The molecule has 0 radical (unpaired) electrons. The van der Waals surface area contributed by atoms with Crippen LogP contribution in [-0.2, 0) is 11.3 Å². The molecule has 1 aliphatic heterocycles. The molecule has 2 N–H and O–H groups in total. The summed E-state index contributed by atoms with van der Waals surface area (Å²) < 4.78 is 0. The minimum absolute atomic E-state index is 0.130. The highest BCUT2D eigenvalue weighted by Crippen LogP contribution is 2.33. The summed E-state index contributed by atoms with van der Waals surface area (Å²) in [5, 5.41) is 0. The van der Waals surface area contributed by atoms with Gasteiger partial charge >= 0.3 is 0 Å². The van der Waals surface area contributed by atoms with E-state index in [1.54, 1.807) is 0 Å². The molecule has 1 saturated carbocycles. The number of carbonyl (C=O) groups is 1. The maximum Gasteiger partial charge on any atom is 0.239 e. The van der Waals surface area contributed by atoms with Crippen LogP contribution in [0.15, 0.2) is 30.3 Å². The number of amides is 1. The number of carbonyl (C=O) groups excluding carboxylic acids is 1. The van der Waals surface area contributed by atoms with E-state index in [1.807, 2.05) is 18.7 Å². The first kappa shape index (κ1) is 17.4. The average molecular weight is 329 g/mol. The highest BCUT2D eigenvalue weighted by molar-refractivity contribution is 5.82. The van der Waals surface area contributed by atoms with Crippen molar-refractivity contribution < 1.29 is 4.79 Å². The van der Waals surface area contributed by atoms with Crippen LogP contribution in [0.1, 0.15) is 45.1 Å². The van der Waals surface area contributed by atoms with Crippen LogP contribution in [0.25, 0.3) is 0 Å². The second kappa shape index (κ2) is 7.66. The number of hydrogen-bond donors (Lipinski definition) is 1. The molecule has 1 saturated heterocycles. The van der Waals surface area contributed by atoms with Gasteiger partial charge in [0.1, 0.15) is 0 Å². The fourth-order valence-electron chi connectivity index (χ4n) is 3.68. The molecular formula is C20H31N3O. The largest absolute Gasteiger partial charge is 0.340 e. The van der Waals surface area contributed by atoms with E-state index in [1.165, 1.54) is 24.8 Å². The molecule has 3 rings (SSSR count). The highest BCUT2D eigenvalue weighted by Gasteiger charge is 2.37. The lowest BCUT2D eigenvalue weighted by atomic mass is 9.99. The molecule has 24 heavy (non-hydrogen) atoms. The van der Waals surface area contributed by atoms with Crippen molar-refractivity contribution in [2.75, 3.05) is 13.1 Å². The average Bonchev–Trinajstić information content (AvgIpc) is 3.44. The van der Waals surface area contributed by atoms with Gasteiger partial charge in [0, 0.05) is 31.7 Å². The molecule has 4 nitrogen and oxygen atoms in total. The summed E-state index contributed by atoms with van der Waals surface area (Å²) in [7, 11) is 0. The van der Waals surface area contributed by atoms with E-state index < -0.39 is 0 Å². The minimum Gasteiger partial charge on any atom is -0.340 e. The summed E-state index contributed by atoms with van der Waals surface area (Å²) >= 11 is 0. The summed E-state index contributed by atoms with van der Waals surface area (Å²) in [6.07, 6.45) is 4.86. The number of nitrogens with two attached hydrogens (primary N) is 1. The van der Waals surface area contributed by atoms with Crippen LogP contribution >= 0.6 is 0 Å². The minimum atomic E-state index is -0.368. The number of piperidine rings is 1. The first-order chi connectivity index (χ1) is 11.6. The van der Waals surface area contributed by atoms with Crippen LogP contribution in [0.2, 0.25) is 0 Å². The second-order valence-corrected chi connectivity index (χ2v) is 7.74. The SMILES string of the molecule is CC(C)[C@H](N)C(=O)N1CCC[C@H](N(Cc2ccccc2)C2CC2)C1. The third-order valence-electron chi connectivity index (χ3n) is 5.40. The molecule has 0 unspecified atom stereocenters. The van der Waals surface area contributed by atoms with Crippen LogP contribution in [0, 0.1) is 5.92 Å². The Kier molecular flexibility index (Phi) is 5.57. The molecule has 0 aromatic heterocycles. The van der Waals surface area contributed by atoms with Crippen LogP contribution in [0.5, 0.6) is 0 Å². The van der Waals surface area contributed by atoms with E-state index in [-0.39, 0.29) is 17.9 Å².